The highest BCUT2D eigenvalue weighted by molar-refractivity contribution is 5.32. The van der Waals surface area contributed by atoms with Gasteiger partial charge in [0.1, 0.15) is 5.72 Å². The predicted molar refractivity (Wildman–Crippen MR) is 606 cm³/mol. The molecule has 17 saturated carbocycles. The van der Waals surface area contributed by atoms with Crippen molar-refractivity contribution in [2.24, 2.45) is 261 Å². The van der Waals surface area contributed by atoms with E-state index in [1.807, 2.05) is 16.7 Å². The summed E-state index contributed by atoms with van der Waals surface area (Å²) in [6.07, 6.45) is 74.5. The first-order chi connectivity index (χ1) is 71.3. The summed E-state index contributed by atoms with van der Waals surface area (Å²) in [5.41, 5.74) is 13.0. The Bertz CT molecular complexity index is 4950. The number of ether oxygens (including phenoxy) is 9. The second-order valence-corrected chi connectivity index (χ2v) is 65.8. The maximum Gasteiger partial charge on any atom is 0.172 e. The Labute approximate surface area is 915 Å². The molecular weight excluding hydrogens is 1840 g/mol. The molecule has 150 heavy (non-hydrogen) atoms. The van der Waals surface area contributed by atoms with Crippen molar-refractivity contribution in [3.05, 3.63) is 59.3 Å². The highest BCUT2D eigenvalue weighted by Crippen LogP contribution is 2.80. The standard InChI is InChI=1S/C28H45NO.C28H46O2.2C28H44O2.C28H42O2/c5*1-17-8-11-26(4)20(14-17)6-7-21-22(26)10-12-27(5)23(21)15-24-25(27)19(3)28(30-24)13-9-18(2)16-29-28/h6,17-19,21-25,29H,7-16H2,1-5H3;17-25H,6-16H2,1-5H3;6,17-19,21-25H,7-16H2,1-5H3;17,19-25H,2,6-16H2,1,3-5H3;6,17,19,21-25H,2,7-16H2,1,3-5H3. The third-order valence-corrected chi connectivity index (χ3v) is 59.0. The Hall–Kier alpha value is -1.70. The summed E-state index contributed by atoms with van der Waals surface area (Å²) >= 11 is 0. The average molecular weight is 2060 g/mol. The van der Waals surface area contributed by atoms with Crippen LogP contribution in [0.1, 0.15) is 461 Å². The monoisotopic (exact) mass is 2060 g/mol. The van der Waals surface area contributed by atoms with Gasteiger partial charge in [-0.1, -0.05) is 231 Å². The Balaban J connectivity index is 0.0000000945. The topological polar surface area (TPSA) is 95.1 Å². The SMILES string of the molecule is C=C1CCC2(OC1)OC1CC3C4CC=C5CC(C)CCC5(C)C4CCC3(C)C1C2C.C=C1CCC2(OC1)OC1CC3C4CCC5CC(C)CCC5(C)C4CCC3(C)C1C2C.CC1CCC2(NC1)OC1CC3C4CC=C5CC(C)CCC5(C)C4CCC3(C)C1C2C.CC1CCC2(OC1)OC1CC3C4CC=C5CC(C)CCC5(C)C4CCC3(C)C1C2C.CC1CCC2(OC1)OC1CC3C4CCC5CC(C)CCC5(C)C4CCC3(C)C1C2C. The summed E-state index contributed by atoms with van der Waals surface area (Å²) < 4.78 is 60.4. The molecule has 10 aliphatic heterocycles. The van der Waals surface area contributed by atoms with Crippen molar-refractivity contribution < 1.29 is 42.6 Å². The number of rotatable bonds is 0. The fraction of sp³-hybridized carbons (Fsp3) is 0.929. The van der Waals surface area contributed by atoms with Gasteiger partial charge in [0.05, 0.1) is 56.9 Å². The third-order valence-electron chi connectivity index (χ3n) is 59.0. The number of piperidine rings is 1. The van der Waals surface area contributed by atoms with Crippen molar-refractivity contribution in [3.63, 3.8) is 0 Å². The molecule has 0 aromatic rings. The van der Waals surface area contributed by atoms with Crippen molar-refractivity contribution in [2.75, 3.05) is 33.0 Å². The van der Waals surface area contributed by atoms with E-state index in [0.29, 0.717) is 163 Å². The lowest BCUT2D eigenvalue weighted by molar-refractivity contribution is -0.273. The Morgan fingerprint density at radius 1 is 0.253 bits per heavy atom. The maximum atomic E-state index is 7.03. The van der Waals surface area contributed by atoms with Gasteiger partial charge in [0.15, 0.2) is 23.1 Å². The number of allylic oxidation sites excluding steroid dienone is 6. The minimum absolute atomic E-state index is 0.0161. The third kappa shape index (κ3) is 16.1. The molecule has 27 fully saturated rings. The molecule has 0 aromatic carbocycles. The minimum atomic E-state index is -0.327. The zero-order valence-corrected chi connectivity index (χ0v) is 100. The molecule has 10 saturated heterocycles. The number of hydrogen-bond acceptors (Lipinski definition) is 10. The van der Waals surface area contributed by atoms with Crippen LogP contribution in [0.15, 0.2) is 59.3 Å². The molecule has 0 radical (unpaired) electrons. The molecule has 30 aliphatic rings. The van der Waals surface area contributed by atoms with E-state index < -0.39 is 0 Å². The van der Waals surface area contributed by atoms with E-state index in [4.69, 9.17) is 42.6 Å². The van der Waals surface area contributed by atoms with Crippen LogP contribution in [-0.2, 0) is 42.6 Å². The molecule has 1 N–H and O–H groups in total. The Kier molecular flexibility index (Phi) is 27.1. The van der Waals surface area contributed by atoms with Crippen molar-refractivity contribution >= 4 is 0 Å². The molecule has 0 amide bonds. The van der Waals surface area contributed by atoms with E-state index in [1.54, 1.807) is 0 Å². The van der Waals surface area contributed by atoms with Crippen molar-refractivity contribution in [1.29, 1.82) is 0 Å². The van der Waals surface area contributed by atoms with Gasteiger partial charge in [-0.05, 0) is 495 Å². The summed E-state index contributed by atoms with van der Waals surface area (Å²) in [5.74, 6) is 27.5. The molecule has 840 valence electrons. The van der Waals surface area contributed by atoms with Gasteiger partial charge in [-0.2, -0.15) is 0 Å². The highest BCUT2D eigenvalue weighted by atomic mass is 16.7. The van der Waals surface area contributed by atoms with Gasteiger partial charge in [-0.15, -0.1) is 0 Å². The van der Waals surface area contributed by atoms with Crippen LogP contribution in [-0.4, -0.2) is 92.4 Å². The first-order valence-corrected chi connectivity index (χ1v) is 66.5. The molecule has 55 unspecified atom stereocenters. The normalized spacial score (nSPS) is 59.9. The van der Waals surface area contributed by atoms with Gasteiger partial charge in [-0.25, -0.2) is 0 Å². The Morgan fingerprint density at radius 3 is 0.860 bits per heavy atom. The predicted octanol–water partition coefficient (Wildman–Crippen LogP) is 34.5. The molecule has 10 heteroatoms. The van der Waals surface area contributed by atoms with Crippen LogP contribution in [0.3, 0.4) is 0 Å². The lowest BCUT2D eigenvalue weighted by Gasteiger charge is -2.61. The van der Waals surface area contributed by atoms with Gasteiger partial charge in [0.2, 0.25) is 0 Å². The van der Waals surface area contributed by atoms with E-state index in [9.17, 15) is 0 Å². The van der Waals surface area contributed by atoms with Gasteiger partial charge in [0.25, 0.3) is 0 Å². The largest absolute Gasteiger partial charge is 0.357 e. The molecule has 30 rings (SSSR count). The first-order valence-electron chi connectivity index (χ1n) is 66.5. The smallest absolute Gasteiger partial charge is 0.172 e. The van der Waals surface area contributed by atoms with Gasteiger partial charge >= 0.3 is 0 Å². The molecule has 0 aromatic heterocycles. The van der Waals surface area contributed by atoms with Crippen molar-refractivity contribution in [1.82, 2.24) is 5.32 Å². The zero-order chi connectivity index (χ0) is 104. The molecule has 0 bridgehead atoms. The van der Waals surface area contributed by atoms with Gasteiger partial charge < -0.3 is 42.6 Å². The van der Waals surface area contributed by atoms with E-state index in [1.165, 1.54) is 274 Å². The summed E-state index contributed by atoms with van der Waals surface area (Å²) in [6.45, 7) is 71.1. The van der Waals surface area contributed by atoms with Crippen LogP contribution >= 0.6 is 0 Å². The molecular formula is C140H221NO9. The fourth-order valence-corrected chi connectivity index (χ4v) is 50.4. The lowest BCUT2D eigenvalue weighted by Crippen LogP contribution is -2.57. The van der Waals surface area contributed by atoms with Crippen LogP contribution < -0.4 is 5.32 Å². The molecule has 10 heterocycles. The highest BCUT2D eigenvalue weighted by Gasteiger charge is 2.77. The van der Waals surface area contributed by atoms with Crippen LogP contribution in [0, 0.1) is 261 Å². The van der Waals surface area contributed by atoms with Gasteiger partial charge in [-0.3, -0.25) is 5.32 Å². The van der Waals surface area contributed by atoms with Crippen LogP contribution in [0.2, 0.25) is 0 Å². The molecule has 10 nitrogen and oxygen atoms in total. The van der Waals surface area contributed by atoms with Gasteiger partial charge in [0, 0.05) is 61.8 Å². The number of nitrogens with one attached hydrogen (secondary N) is 1. The van der Waals surface area contributed by atoms with Crippen LogP contribution in [0.4, 0.5) is 0 Å². The lowest BCUT2D eigenvalue weighted by atomic mass is 9.44. The van der Waals surface area contributed by atoms with E-state index >= 15 is 0 Å². The summed E-state index contributed by atoms with van der Waals surface area (Å²) in [4.78, 5) is 0. The van der Waals surface area contributed by atoms with E-state index in [-0.39, 0.29) is 28.9 Å². The van der Waals surface area contributed by atoms with Crippen LogP contribution in [0.5, 0.6) is 0 Å². The second-order valence-electron chi connectivity index (χ2n) is 65.8. The molecule has 5 spiro atoms. The fourth-order valence-electron chi connectivity index (χ4n) is 50.4. The number of hydrogen-bond donors (Lipinski definition) is 1. The van der Waals surface area contributed by atoms with E-state index in [0.717, 1.165) is 200 Å². The van der Waals surface area contributed by atoms with Crippen molar-refractivity contribution in [3.8, 4) is 0 Å². The van der Waals surface area contributed by atoms with E-state index in [2.05, 4.69) is 196 Å². The van der Waals surface area contributed by atoms with Crippen LogP contribution in [0.25, 0.3) is 0 Å². The quantitative estimate of drug-likeness (QED) is 0.236. The van der Waals surface area contributed by atoms with Crippen molar-refractivity contribution in [2.45, 2.75) is 520 Å². The number of fused-ring (bicyclic) bond motifs is 35. The maximum absolute atomic E-state index is 7.03. The zero-order valence-electron chi connectivity index (χ0n) is 100. The molecule has 20 aliphatic carbocycles. The summed E-state index contributed by atoms with van der Waals surface area (Å²) in [7, 11) is 0. The Morgan fingerprint density at radius 2 is 0.547 bits per heavy atom. The summed E-state index contributed by atoms with van der Waals surface area (Å²) in [6, 6.07) is 0. The second kappa shape index (κ2) is 37.9. The minimum Gasteiger partial charge on any atom is -0.357 e. The molecule has 55 atom stereocenters. The average Bonchev–Trinajstić information content (AvgIpc) is 1.55. The first kappa shape index (κ1) is 107. The summed E-state index contributed by atoms with van der Waals surface area (Å²) in [5, 5.41) is 3.91.